The van der Waals surface area contributed by atoms with Gasteiger partial charge >= 0.3 is 12.0 Å². The number of carbonyl (C=O) groups is 3. The number of esters is 1. The van der Waals surface area contributed by atoms with Crippen molar-refractivity contribution in [3.8, 4) is 0 Å². The third-order valence-electron chi connectivity index (χ3n) is 6.62. The Morgan fingerprint density at radius 2 is 1.72 bits per heavy atom. The van der Waals surface area contributed by atoms with E-state index >= 15 is 0 Å². The van der Waals surface area contributed by atoms with Gasteiger partial charge in [-0.05, 0) is 31.5 Å². The van der Waals surface area contributed by atoms with Crippen molar-refractivity contribution in [1.29, 1.82) is 0 Å². The SMILES string of the molecule is CCOC(=O)C1=C(CN2CCN(C(=O)c3ccccc3F)CC2)N(C)C(=O)N[C@H]1c1ccc(C)cc1. The van der Waals surface area contributed by atoms with Crippen LogP contribution in [0.25, 0.3) is 0 Å². The van der Waals surface area contributed by atoms with Gasteiger partial charge in [0.15, 0.2) is 0 Å². The first-order chi connectivity index (χ1) is 17.3. The van der Waals surface area contributed by atoms with Crippen molar-refractivity contribution >= 4 is 17.9 Å². The molecule has 1 saturated heterocycles. The summed E-state index contributed by atoms with van der Waals surface area (Å²) in [4.78, 5) is 43.9. The van der Waals surface area contributed by atoms with E-state index in [1.165, 1.54) is 17.0 Å². The lowest BCUT2D eigenvalue weighted by molar-refractivity contribution is -0.139. The standard InChI is InChI=1S/C27H31FN4O4/c1-4-36-26(34)23-22(30(3)27(35)29-24(23)19-11-9-18(2)10-12-19)17-31-13-15-32(16-14-31)25(33)20-7-5-6-8-21(20)28/h5-12,24H,4,13-17H2,1-3H3,(H,29,35)/t24-/m0/s1. The molecule has 8 nitrogen and oxygen atoms in total. The maximum absolute atomic E-state index is 14.1. The summed E-state index contributed by atoms with van der Waals surface area (Å²) in [6.45, 7) is 6.12. The Morgan fingerprint density at radius 1 is 1.06 bits per heavy atom. The lowest BCUT2D eigenvalue weighted by Crippen LogP contribution is -2.53. The van der Waals surface area contributed by atoms with E-state index in [4.69, 9.17) is 4.74 Å². The van der Waals surface area contributed by atoms with E-state index in [0.29, 0.717) is 44.0 Å². The van der Waals surface area contributed by atoms with Gasteiger partial charge in [0.2, 0.25) is 0 Å². The topological polar surface area (TPSA) is 82.2 Å². The molecule has 2 aliphatic heterocycles. The molecule has 0 aromatic heterocycles. The lowest BCUT2D eigenvalue weighted by atomic mass is 9.93. The van der Waals surface area contributed by atoms with Crippen LogP contribution in [0.3, 0.4) is 0 Å². The quantitative estimate of drug-likeness (QED) is 0.624. The first kappa shape index (κ1) is 25.4. The summed E-state index contributed by atoms with van der Waals surface area (Å²) in [5.41, 5.74) is 2.89. The van der Waals surface area contributed by atoms with Gasteiger partial charge in [-0.2, -0.15) is 0 Å². The Hall–Kier alpha value is -3.72. The van der Waals surface area contributed by atoms with E-state index in [1.807, 2.05) is 31.2 Å². The summed E-state index contributed by atoms with van der Waals surface area (Å²) in [5.74, 6) is -1.35. The Kier molecular flexibility index (Phi) is 7.69. The largest absolute Gasteiger partial charge is 0.463 e. The van der Waals surface area contributed by atoms with E-state index in [0.717, 1.165) is 11.1 Å². The van der Waals surface area contributed by atoms with Crippen LogP contribution in [0.15, 0.2) is 59.8 Å². The molecular formula is C27H31FN4O4. The van der Waals surface area contributed by atoms with Gasteiger partial charge in [0, 0.05) is 45.5 Å². The van der Waals surface area contributed by atoms with Crippen LogP contribution in [-0.4, -0.2) is 79.0 Å². The number of piperazine rings is 1. The fourth-order valence-corrected chi connectivity index (χ4v) is 4.53. The second-order valence-electron chi connectivity index (χ2n) is 8.98. The van der Waals surface area contributed by atoms with Crippen molar-refractivity contribution < 1.29 is 23.5 Å². The molecule has 2 aromatic carbocycles. The smallest absolute Gasteiger partial charge is 0.338 e. The van der Waals surface area contributed by atoms with Gasteiger partial charge in [-0.3, -0.25) is 14.6 Å². The van der Waals surface area contributed by atoms with E-state index in [1.54, 1.807) is 31.0 Å². The molecule has 0 bridgehead atoms. The zero-order valence-corrected chi connectivity index (χ0v) is 20.8. The summed E-state index contributed by atoms with van der Waals surface area (Å²) >= 11 is 0. The summed E-state index contributed by atoms with van der Waals surface area (Å²) < 4.78 is 19.5. The van der Waals surface area contributed by atoms with E-state index < -0.39 is 17.8 Å². The number of benzene rings is 2. The number of rotatable bonds is 6. The van der Waals surface area contributed by atoms with Crippen LogP contribution in [-0.2, 0) is 9.53 Å². The van der Waals surface area contributed by atoms with Gasteiger partial charge in [-0.15, -0.1) is 0 Å². The first-order valence-corrected chi connectivity index (χ1v) is 12.1. The van der Waals surface area contributed by atoms with Crippen LogP contribution in [0.4, 0.5) is 9.18 Å². The molecule has 0 saturated carbocycles. The summed E-state index contributed by atoms with van der Waals surface area (Å²) in [7, 11) is 1.63. The molecule has 36 heavy (non-hydrogen) atoms. The zero-order valence-electron chi connectivity index (χ0n) is 20.8. The highest BCUT2D eigenvalue weighted by Crippen LogP contribution is 2.31. The average Bonchev–Trinajstić information content (AvgIpc) is 2.87. The minimum absolute atomic E-state index is 0.0582. The maximum atomic E-state index is 14.1. The highest BCUT2D eigenvalue weighted by atomic mass is 19.1. The molecule has 0 unspecified atom stereocenters. The van der Waals surface area contributed by atoms with Gasteiger partial charge in [-0.1, -0.05) is 42.0 Å². The molecule has 3 amide bonds. The van der Waals surface area contributed by atoms with Crippen molar-refractivity contribution in [1.82, 2.24) is 20.0 Å². The fourth-order valence-electron chi connectivity index (χ4n) is 4.53. The highest BCUT2D eigenvalue weighted by molar-refractivity contribution is 5.95. The Morgan fingerprint density at radius 3 is 2.36 bits per heavy atom. The van der Waals surface area contributed by atoms with Crippen molar-refractivity contribution in [2.45, 2.75) is 19.9 Å². The maximum Gasteiger partial charge on any atom is 0.338 e. The third-order valence-corrected chi connectivity index (χ3v) is 6.62. The second-order valence-corrected chi connectivity index (χ2v) is 8.98. The number of likely N-dealkylation sites (N-methyl/N-ethyl adjacent to an activating group) is 1. The number of urea groups is 1. The van der Waals surface area contributed by atoms with E-state index in [9.17, 15) is 18.8 Å². The minimum Gasteiger partial charge on any atom is -0.463 e. The number of ether oxygens (including phenoxy) is 1. The van der Waals surface area contributed by atoms with Gasteiger partial charge in [0.25, 0.3) is 5.91 Å². The zero-order chi connectivity index (χ0) is 25.8. The van der Waals surface area contributed by atoms with Gasteiger partial charge in [-0.25, -0.2) is 14.0 Å². The molecule has 2 aromatic rings. The van der Waals surface area contributed by atoms with Crippen LogP contribution >= 0.6 is 0 Å². The number of halogens is 1. The molecule has 9 heteroatoms. The first-order valence-electron chi connectivity index (χ1n) is 12.1. The molecule has 1 atom stereocenters. The molecule has 2 heterocycles. The van der Waals surface area contributed by atoms with E-state index in [-0.39, 0.29) is 24.1 Å². The number of hydrogen-bond donors (Lipinski definition) is 1. The van der Waals surface area contributed by atoms with Crippen LogP contribution in [0.2, 0.25) is 0 Å². The number of nitrogens with zero attached hydrogens (tertiary/aromatic N) is 3. The Bertz CT molecular complexity index is 1170. The monoisotopic (exact) mass is 494 g/mol. The lowest BCUT2D eigenvalue weighted by Gasteiger charge is -2.39. The number of amides is 3. The number of hydrogen-bond acceptors (Lipinski definition) is 5. The summed E-state index contributed by atoms with van der Waals surface area (Å²) in [6, 6.07) is 12.7. The van der Waals surface area contributed by atoms with Crippen molar-refractivity contribution in [2.24, 2.45) is 0 Å². The van der Waals surface area contributed by atoms with Crippen LogP contribution in [0.1, 0.15) is 34.5 Å². The normalized spacial score (nSPS) is 18.8. The molecular weight excluding hydrogens is 463 g/mol. The molecule has 190 valence electrons. The molecule has 4 rings (SSSR count). The summed E-state index contributed by atoms with van der Waals surface area (Å²) in [5, 5.41) is 2.93. The second kappa shape index (κ2) is 10.9. The van der Waals surface area contributed by atoms with Crippen molar-refractivity contribution in [2.75, 3.05) is 46.4 Å². The van der Waals surface area contributed by atoms with Crippen LogP contribution < -0.4 is 5.32 Å². The van der Waals surface area contributed by atoms with Gasteiger partial charge < -0.3 is 15.0 Å². The Labute approximate surface area is 210 Å². The average molecular weight is 495 g/mol. The number of aryl methyl sites for hydroxylation is 1. The van der Waals surface area contributed by atoms with Gasteiger partial charge in [0.1, 0.15) is 5.82 Å². The molecule has 1 fully saturated rings. The van der Waals surface area contributed by atoms with Crippen molar-refractivity contribution in [3.05, 3.63) is 82.3 Å². The molecule has 0 spiro atoms. The van der Waals surface area contributed by atoms with Crippen LogP contribution in [0, 0.1) is 12.7 Å². The molecule has 0 aliphatic carbocycles. The molecule has 2 aliphatic rings. The number of carbonyl (C=O) groups excluding carboxylic acids is 3. The molecule has 0 radical (unpaired) electrons. The van der Waals surface area contributed by atoms with Gasteiger partial charge in [0.05, 0.1) is 23.8 Å². The summed E-state index contributed by atoms with van der Waals surface area (Å²) in [6.07, 6.45) is 0. The minimum atomic E-state index is -0.632. The highest BCUT2D eigenvalue weighted by Gasteiger charge is 2.37. The van der Waals surface area contributed by atoms with Crippen molar-refractivity contribution in [3.63, 3.8) is 0 Å². The van der Waals surface area contributed by atoms with E-state index in [2.05, 4.69) is 10.2 Å². The molecule has 1 N–H and O–H groups in total. The number of nitrogens with one attached hydrogen (secondary N) is 1. The fraction of sp³-hybridized carbons (Fsp3) is 0.370. The van der Waals surface area contributed by atoms with Crippen LogP contribution in [0.5, 0.6) is 0 Å². The predicted octanol–water partition coefficient (Wildman–Crippen LogP) is 3.11. The predicted molar refractivity (Wildman–Crippen MR) is 133 cm³/mol. The Balaban J connectivity index is 1.57. The third kappa shape index (κ3) is 5.26.